The number of rotatable bonds is 4. The van der Waals surface area contributed by atoms with Crippen LogP contribution in [-0.4, -0.2) is 31.6 Å². The van der Waals surface area contributed by atoms with Crippen molar-refractivity contribution in [1.82, 2.24) is 5.32 Å². The number of nitrogens with one attached hydrogen (secondary N) is 1. The van der Waals surface area contributed by atoms with E-state index in [0.717, 1.165) is 16.9 Å². The molecule has 1 aromatic rings. The average molecular weight is 289 g/mol. The van der Waals surface area contributed by atoms with Crippen LogP contribution in [0.3, 0.4) is 0 Å². The zero-order valence-electron chi connectivity index (χ0n) is 12.2. The molecule has 112 valence electrons. The Kier molecular flexibility index (Phi) is 4.98. The van der Waals surface area contributed by atoms with Gasteiger partial charge in [0.1, 0.15) is 11.8 Å². The van der Waals surface area contributed by atoms with Gasteiger partial charge in [0.25, 0.3) is 0 Å². The van der Waals surface area contributed by atoms with Crippen LogP contribution in [0, 0.1) is 0 Å². The highest BCUT2D eigenvalue weighted by molar-refractivity contribution is 5.83. The Balaban J connectivity index is 2.18. The van der Waals surface area contributed by atoms with Crippen LogP contribution in [0.2, 0.25) is 0 Å². The van der Waals surface area contributed by atoms with E-state index in [9.17, 15) is 9.59 Å². The van der Waals surface area contributed by atoms with Gasteiger partial charge in [-0.05, 0) is 12.5 Å². The van der Waals surface area contributed by atoms with Gasteiger partial charge in [-0.15, -0.1) is 0 Å². The van der Waals surface area contributed by atoms with Crippen molar-refractivity contribution < 1.29 is 19.1 Å². The van der Waals surface area contributed by atoms with E-state index >= 15 is 0 Å². The minimum atomic E-state index is -0.663. The van der Waals surface area contributed by atoms with Crippen LogP contribution in [-0.2, 0) is 14.3 Å². The zero-order valence-corrected chi connectivity index (χ0v) is 12.2. The summed E-state index contributed by atoms with van der Waals surface area (Å²) in [7, 11) is 1.32. The molecule has 0 fully saturated rings. The van der Waals surface area contributed by atoms with E-state index < -0.39 is 12.0 Å². The van der Waals surface area contributed by atoms with Crippen molar-refractivity contribution in [1.29, 1.82) is 0 Å². The Morgan fingerprint density at radius 3 is 2.86 bits per heavy atom. The molecule has 1 atom stereocenters. The molecule has 0 aromatic heterocycles. The lowest BCUT2D eigenvalue weighted by Gasteiger charge is -2.16. The Bertz CT molecular complexity index is 565. The lowest BCUT2D eigenvalue weighted by atomic mass is 10.0. The van der Waals surface area contributed by atoms with Gasteiger partial charge < -0.3 is 14.8 Å². The molecule has 5 nitrogen and oxygen atoms in total. The number of ether oxygens (including phenoxy) is 2. The molecule has 0 saturated heterocycles. The highest BCUT2D eigenvalue weighted by Crippen LogP contribution is 2.27. The highest BCUT2D eigenvalue weighted by Gasteiger charge is 2.22. The van der Waals surface area contributed by atoms with Crippen LogP contribution >= 0.6 is 0 Å². The molecular weight excluding hydrogens is 270 g/mol. The minimum absolute atomic E-state index is 0.253. The Labute approximate surface area is 123 Å². The van der Waals surface area contributed by atoms with Gasteiger partial charge in [-0.3, -0.25) is 4.79 Å². The van der Waals surface area contributed by atoms with Crippen LogP contribution in [0.1, 0.15) is 25.3 Å². The second-order valence-corrected chi connectivity index (χ2v) is 4.92. The third-order valence-corrected chi connectivity index (χ3v) is 3.29. The Morgan fingerprint density at radius 1 is 1.38 bits per heavy atom. The molecule has 2 rings (SSSR count). The third kappa shape index (κ3) is 4.08. The summed E-state index contributed by atoms with van der Waals surface area (Å²) in [5.41, 5.74) is 2.03. The van der Waals surface area contributed by atoms with Gasteiger partial charge in [0.05, 0.1) is 13.7 Å². The molecule has 5 heteroatoms. The first-order chi connectivity index (χ1) is 10.1. The van der Waals surface area contributed by atoms with Gasteiger partial charge in [-0.25, -0.2) is 4.79 Å². The molecule has 1 aliphatic rings. The number of fused-ring (bicyclic) bond motifs is 1. The van der Waals surface area contributed by atoms with Crippen LogP contribution in [0.15, 0.2) is 29.8 Å². The van der Waals surface area contributed by atoms with Crippen LogP contribution in [0.4, 0.5) is 0 Å². The minimum Gasteiger partial charge on any atom is -0.493 e. The summed E-state index contributed by atoms with van der Waals surface area (Å²) in [6, 6.07) is 7.08. The Morgan fingerprint density at radius 2 is 2.14 bits per heavy atom. The summed E-state index contributed by atoms with van der Waals surface area (Å²) in [5, 5.41) is 2.63. The van der Waals surface area contributed by atoms with Crippen molar-refractivity contribution in [3.05, 3.63) is 35.4 Å². The van der Waals surface area contributed by atoms with Gasteiger partial charge in [0, 0.05) is 18.9 Å². The first-order valence-corrected chi connectivity index (χ1v) is 6.86. The second-order valence-electron chi connectivity index (χ2n) is 4.92. The van der Waals surface area contributed by atoms with E-state index in [4.69, 9.17) is 9.47 Å². The quantitative estimate of drug-likeness (QED) is 0.860. The van der Waals surface area contributed by atoms with Crippen molar-refractivity contribution in [2.45, 2.75) is 25.8 Å². The van der Waals surface area contributed by atoms with Crippen molar-refractivity contribution >= 4 is 18.0 Å². The number of hydrogen-bond acceptors (Lipinski definition) is 4. The fourth-order valence-electron chi connectivity index (χ4n) is 2.32. The molecule has 0 bridgehead atoms. The predicted molar refractivity (Wildman–Crippen MR) is 78.8 cm³/mol. The van der Waals surface area contributed by atoms with Crippen molar-refractivity contribution in [2.75, 3.05) is 13.7 Å². The number of para-hydroxylation sites is 1. The molecule has 0 saturated carbocycles. The van der Waals surface area contributed by atoms with E-state index in [1.54, 1.807) is 0 Å². The van der Waals surface area contributed by atoms with E-state index in [-0.39, 0.29) is 5.91 Å². The molecule has 21 heavy (non-hydrogen) atoms. The first-order valence-electron chi connectivity index (χ1n) is 6.86. The zero-order chi connectivity index (χ0) is 15.2. The molecule has 1 N–H and O–H groups in total. The normalized spacial score (nSPS) is 14.9. The lowest BCUT2D eigenvalue weighted by molar-refractivity contribution is -0.144. The summed E-state index contributed by atoms with van der Waals surface area (Å²) in [6.45, 7) is 1.94. The summed E-state index contributed by atoms with van der Waals surface area (Å²) >= 11 is 0. The third-order valence-electron chi connectivity index (χ3n) is 3.29. The first kappa shape index (κ1) is 15.1. The standard InChI is InChI=1S/C16H19NO4/c1-11(18)17-14(16(19)20-2)10-12-7-8-21-15-6-4-3-5-13(15)9-12/h3-6,9,14H,7-8,10H2,1-2H3,(H,17,18). The maximum atomic E-state index is 11.8. The van der Waals surface area contributed by atoms with E-state index in [0.29, 0.717) is 19.4 Å². The van der Waals surface area contributed by atoms with Crippen molar-refractivity contribution in [3.8, 4) is 5.75 Å². The van der Waals surface area contributed by atoms with E-state index in [1.807, 2.05) is 30.3 Å². The maximum Gasteiger partial charge on any atom is 0.328 e. The summed E-state index contributed by atoms with van der Waals surface area (Å²) in [6.07, 6.45) is 3.14. The topological polar surface area (TPSA) is 64.6 Å². The van der Waals surface area contributed by atoms with Gasteiger partial charge in [-0.2, -0.15) is 0 Å². The lowest BCUT2D eigenvalue weighted by Crippen LogP contribution is -2.40. The molecule has 1 aromatic carbocycles. The van der Waals surface area contributed by atoms with E-state index in [2.05, 4.69) is 5.32 Å². The number of esters is 1. The van der Waals surface area contributed by atoms with Crippen LogP contribution < -0.4 is 10.1 Å². The van der Waals surface area contributed by atoms with Crippen molar-refractivity contribution in [3.63, 3.8) is 0 Å². The molecule has 1 aliphatic heterocycles. The molecule has 0 radical (unpaired) electrons. The maximum absolute atomic E-state index is 11.8. The van der Waals surface area contributed by atoms with Gasteiger partial charge in [0.15, 0.2) is 0 Å². The number of methoxy groups -OCH3 is 1. The monoisotopic (exact) mass is 289 g/mol. The van der Waals surface area contributed by atoms with E-state index in [1.165, 1.54) is 14.0 Å². The van der Waals surface area contributed by atoms with Gasteiger partial charge in [0.2, 0.25) is 5.91 Å². The van der Waals surface area contributed by atoms with Gasteiger partial charge in [-0.1, -0.05) is 29.8 Å². The number of carbonyl (C=O) groups is 2. The molecule has 1 heterocycles. The fourth-order valence-corrected chi connectivity index (χ4v) is 2.32. The van der Waals surface area contributed by atoms with Crippen LogP contribution in [0.25, 0.3) is 6.08 Å². The smallest absolute Gasteiger partial charge is 0.328 e. The molecular formula is C16H19NO4. The number of carbonyl (C=O) groups excluding carboxylic acids is 2. The molecule has 0 aliphatic carbocycles. The SMILES string of the molecule is COC(=O)C(CC1=Cc2ccccc2OCC1)NC(C)=O. The Hall–Kier alpha value is -2.30. The number of hydrogen-bond donors (Lipinski definition) is 1. The average Bonchev–Trinajstić information content (AvgIpc) is 2.66. The highest BCUT2D eigenvalue weighted by atomic mass is 16.5. The molecule has 1 unspecified atom stereocenters. The van der Waals surface area contributed by atoms with Gasteiger partial charge >= 0.3 is 5.97 Å². The number of amides is 1. The fraction of sp³-hybridized carbons (Fsp3) is 0.375. The second kappa shape index (κ2) is 6.92. The van der Waals surface area contributed by atoms with Crippen LogP contribution in [0.5, 0.6) is 5.75 Å². The predicted octanol–water partition coefficient (Wildman–Crippen LogP) is 1.92. The molecule has 0 spiro atoms. The summed E-state index contributed by atoms with van der Waals surface area (Å²) in [5.74, 6) is 0.141. The van der Waals surface area contributed by atoms with Crippen molar-refractivity contribution in [2.24, 2.45) is 0 Å². The largest absolute Gasteiger partial charge is 0.493 e. The summed E-state index contributed by atoms with van der Waals surface area (Å²) < 4.78 is 10.4. The molecule has 1 amide bonds. The number of benzene rings is 1. The summed E-state index contributed by atoms with van der Waals surface area (Å²) in [4.78, 5) is 23.0.